The maximum Gasteiger partial charge on any atom is 0.246 e. The van der Waals surface area contributed by atoms with Gasteiger partial charge in [-0.1, -0.05) is 35.9 Å². The first-order valence-corrected chi connectivity index (χ1v) is 13.0. The van der Waals surface area contributed by atoms with E-state index < -0.39 is 11.0 Å². The molecule has 33 heavy (non-hydrogen) atoms. The van der Waals surface area contributed by atoms with Gasteiger partial charge in [-0.3, -0.25) is 4.90 Å². The Kier molecular flexibility index (Phi) is 7.85. The third-order valence-electron chi connectivity index (χ3n) is 5.93. The van der Waals surface area contributed by atoms with Gasteiger partial charge < -0.3 is 15.4 Å². The molecule has 0 spiro atoms. The van der Waals surface area contributed by atoms with Crippen LogP contribution in [0.15, 0.2) is 48.5 Å². The Morgan fingerprint density at radius 1 is 1.21 bits per heavy atom. The smallest absolute Gasteiger partial charge is 0.246 e. The third kappa shape index (κ3) is 6.69. The number of aromatic amines is 1. The van der Waals surface area contributed by atoms with Crippen molar-refractivity contribution >= 4 is 40.2 Å². The minimum absolute atomic E-state index is 0.346. The Labute approximate surface area is 202 Å². The third-order valence-corrected chi connectivity index (χ3v) is 6.70. The Hall–Kier alpha value is -2.62. The zero-order chi connectivity index (χ0) is 23.2. The molecule has 0 bridgehead atoms. The van der Waals surface area contributed by atoms with Gasteiger partial charge in [0.15, 0.2) is 0 Å². The monoisotopic (exact) mass is 487 g/mol. The molecule has 4 N–H and O–H groups in total. The molecule has 4 rings (SSSR count). The zero-order valence-electron chi connectivity index (χ0n) is 18.7. The maximum atomic E-state index is 11.6. The first kappa shape index (κ1) is 23.5. The lowest BCUT2D eigenvalue weighted by atomic mass is 10.0. The Balaban J connectivity index is 1.45. The molecule has 2 aromatic carbocycles. The molecule has 1 fully saturated rings. The molecule has 1 aliphatic heterocycles. The highest BCUT2D eigenvalue weighted by atomic mass is 35.5. The number of hydrogen-bond donors (Lipinski definition) is 3. The van der Waals surface area contributed by atoms with Crippen LogP contribution in [0.25, 0.3) is 0 Å². The Morgan fingerprint density at radius 2 is 1.97 bits per heavy atom. The summed E-state index contributed by atoms with van der Waals surface area (Å²) in [7, 11) is -1.10. The molecular weight excluding hydrogens is 458 g/mol. The van der Waals surface area contributed by atoms with Gasteiger partial charge in [-0.25, -0.2) is 9.31 Å². The summed E-state index contributed by atoms with van der Waals surface area (Å²) in [5.41, 5.74) is 9.05. The van der Waals surface area contributed by atoms with Crippen LogP contribution in [-0.2, 0) is 24.0 Å². The number of piperidine rings is 1. The first-order chi connectivity index (χ1) is 16.0. The van der Waals surface area contributed by atoms with Gasteiger partial charge in [0.25, 0.3) is 0 Å². The topological polar surface area (TPSA) is 103 Å². The Morgan fingerprint density at radius 3 is 2.64 bits per heavy atom. The van der Waals surface area contributed by atoms with E-state index in [1.165, 1.54) is 11.1 Å². The van der Waals surface area contributed by atoms with Crippen molar-refractivity contribution < 1.29 is 4.21 Å². The van der Waals surface area contributed by atoms with Crippen molar-refractivity contribution in [2.75, 3.05) is 41.2 Å². The largest absolute Gasteiger partial charge is 0.368 e. The van der Waals surface area contributed by atoms with Gasteiger partial charge in [0.2, 0.25) is 11.9 Å². The van der Waals surface area contributed by atoms with Crippen LogP contribution in [0.5, 0.6) is 0 Å². The molecule has 2 heterocycles. The minimum atomic E-state index is -1.10. The number of benzene rings is 2. The first-order valence-electron chi connectivity index (χ1n) is 11.1. The number of H-pyrrole nitrogens is 1. The quantitative estimate of drug-likeness (QED) is 0.427. The van der Waals surface area contributed by atoms with Gasteiger partial charge in [-0.05, 0) is 54.7 Å². The fourth-order valence-electron chi connectivity index (χ4n) is 4.29. The van der Waals surface area contributed by atoms with E-state index in [1.54, 1.807) is 6.26 Å². The van der Waals surface area contributed by atoms with Crippen molar-refractivity contribution in [2.24, 2.45) is 0 Å². The van der Waals surface area contributed by atoms with Crippen LogP contribution in [0.3, 0.4) is 0 Å². The van der Waals surface area contributed by atoms with Crippen molar-refractivity contribution in [1.29, 1.82) is 0 Å². The highest BCUT2D eigenvalue weighted by Crippen LogP contribution is 2.23. The highest BCUT2D eigenvalue weighted by molar-refractivity contribution is 7.85. The second kappa shape index (κ2) is 11.0. The summed E-state index contributed by atoms with van der Waals surface area (Å²) < 4.78 is 14.6. The van der Waals surface area contributed by atoms with Gasteiger partial charge in [0.1, 0.15) is 11.0 Å². The number of nitrogens with one attached hydrogen (secondary N) is 2. The predicted molar refractivity (Wildman–Crippen MR) is 136 cm³/mol. The molecule has 10 heteroatoms. The molecule has 1 atom stereocenters. The lowest BCUT2D eigenvalue weighted by Crippen LogP contribution is -2.45. The number of anilines is 3. The zero-order valence-corrected chi connectivity index (χ0v) is 20.3. The molecule has 1 unspecified atom stereocenters. The molecule has 0 amide bonds. The second-order valence-corrected chi connectivity index (χ2v) is 9.89. The van der Waals surface area contributed by atoms with Gasteiger partial charge in [-0.15, -0.1) is 5.10 Å². The number of aromatic nitrogens is 3. The molecule has 0 saturated carbocycles. The molecule has 1 aliphatic rings. The van der Waals surface area contributed by atoms with Gasteiger partial charge in [0, 0.05) is 49.2 Å². The van der Waals surface area contributed by atoms with Crippen LogP contribution in [-0.4, -0.2) is 56.2 Å². The lowest BCUT2D eigenvalue weighted by Gasteiger charge is -2.38. The number of nitrogens with two attached hydrogens (primary N) is 1. The van der Waals surface area contributed by atoms with Crippen LogP contribution in [0.4, 0.5) is 17.6 Å². The SMILES string of the molecule is CS(=O)Nc1cccc(CN(CCc2ccc(Cl)cc2)C2CCN(c3n[nH]c(N)n3)CC2)c1. The molecule has 176 valence electrons. The number of nitrogen functional groups attached to an aromatic ring is 1. The van der Waals surface area contributed by atoms with Crippen molar-refractivity contribution in [2.45, 2.75) is 31.8 Å². The van der Waals surface area contributed by atoms with Crippen molar-refractivity contribution in [3.05, 3.63) is 64.7 Å². The van der Waals surface area contributed by atoms with Crippen LogP contribution >= 0.6 is 11.6 Å². The lowest BCUT2D eigenvalue weighted by molar-refractivity contribution is 0.162. The summed E-state index contributed by atoms with van der Waals surface area (Å²) in [4.78, 5) is 9.01. The summed E-state index contributed by atoms with van der Waals surface area (Å²) in [5, 5.41) is 7.68. The molecule has 1 aromatic heterocycles. The van der Waals surface area contributed by atoms with Crippen molar-refractivity contribution in [3.8, 4) is 0 Å². The molecule has 1 saturated heterocycles. The second-order valence-electron chi connectivity index (χ2n) is 8.34. The Bertz CT molecular complexity index is 1070. The van der Waals surface area contributed by atoms with Crippen LogP contribution in [0.2, 0.25) is 5.02 Å². The van der Waals surface area contributed by atoms with E-state index in [2.05, 4.69) is 54.0 Å². The standard InChI is InChI=1S/C23H30ClN7OS/c1-33(32)29-20-4-2-3-18(15-20)16-31(12-9-17-5-7-19(24)8-6-17)21-10-13-30(14-11-21)23-26-22(25)27-28-23/h2-8,15,21,29H,9-14,16H2,1H3,(H3,25,26,27,28). The van der Waals surface area contributed by atoms with Crippen molar-refractivity contribution in [3.63, 3.8) is 0 Å². The minimum Gasteiger partial charge on any atom is -0.368 e. The maximum absolute atomic E-state index is 11.6. The van der Waals surface area contributed by atoms with E-state index >= 15 is 0 Å². The normalized spacial score (nSPS) is 15.7. The van der Waals surface area contributed by atoms with Crippen LogP contribution in [0, 0.1) is 0 Å². The molecule has 0 aliphatic carbocycles. The molecule has 8 nitrogen and oxygen atoms in total. The van der Waals surface area contributed by atoms with Gasteiger partial charge >= 0.3 is 0 Å². The van der Waals surface area contributed by atoms with Crippen LogP contribution < -0.4 is 15.4 Å². The predicted octanol–water partition coefficient (Wildman–Crippen LogP) is 3.46. The fourth-order valence-corrected chi connectivity index (χ4v) is 4.87. The average molecular weight is 488 g/mol. The van der Waals surface area contributed by atoms with E-state index in [-0.39, 0.29) is 0 Å². The molecule has 0 radical (unpaired) electrons. The summed E-state index contributed by atoms with van der Waals surface area (Å²) in [5.74, 6) is 1.02. The molecule has 3 aromatic rings. The van der Waals surface area contributed by atoms with E-state index in [0.717, 1.165) is 56.2 Å². The number of halogens is 1. The van der Waals surface area contributed by atoms with E-state index in [1.807, 2.05) is 24.3 Å². The average Bonchev–Trinajstić information content (AvgIpc) is 3.24. The van der Waals surface area contributed by atoms with Gasteiger partial charge in [0.05, 0.1) is 0 Å². The summed E-state index contributed by atoms with van der Waals surface area (Å²) in [6.45, 7) is 3.54. The van der Waals surface area contributed by atoms with E-state index in [4.69, 9.17) is 17.3 Å². The number of rotatable bonds is 9. The highest BCUT2D eigenvalue weighted by Gasteiger charge is 2.26. The summed E-state index contributed by atoms with van der Waals surface area (Å²) in [6, 6.07) is 16.7. The van der Waals surface area contributed by atoms with E-state index in [0.29, 0.717) is 17.9 Å². The van der Waals surface area contributed by atoms with Crippen molar-refractivity contribution in [1.82, 2.24) is 20.1 Å². The van der Waals surface area contributed by atoms with E-state index in [9.17, 15) is 4.21 Å². The number of hydrogen-bond acceptors (Lipinski definition) is 6. The summed E-state index contributed by atoms with van der Waals surface area (Å²) in [6.07, 6.45) is 4.63. The fraction of sp³-hybridized carbons (Fsp3) is 0.391. The van der Waals surface area contributed by atoms with Gasteiger partial charge in [-0.2, -0.15) is 4.98 Å². The van der Waals surface area contributed by atoms with Crippen LogP contribution in [0.1, 0.15) is 24.0 Å². The number of nitrogens with zero attached hydrogens (tertiary/aromatic N) is 4. The molecular formula is C23H30ClN7OS. The summed E-state index contributed by atoms with van der Waals surface area (Å²) >= 11 is 6.06.